The van der Waals surface area contributed by atoms with Crippen LogP contribution in [-0.4, -0.2) is 39.0 Å². The summed E-state index contributed by atoms with van der Waals surface area (Å²) in [5, 5.41) is 4.67. The van der Waals surface area contributed by atoms with Crippen molar-refractivity contribution in [2.45, 2.75) is 38.0 Å². The molecule has 0 aromatic carbocycles. The first-order chi connectivity index (χ1) is 7.05. The van der Waals surface area contributed by atoms with E-state index in [9.17, 15) is 8.42 Å². The molecule has 0 amide bonds. The van der Waals surface area contributed by atoms with Gasteiger partial charge in [0.2, 0.25) is 0 Å². The van der Waals surface area contributed by atoms with Crippen LogP contribution in [0, 0.1) is 0 Å². The van der Waals surface area contributed by atoms with Gasteiger partial charge in [-0.2, -0.15) is 0 Å². The summed E-state index contributed by atoms with van der Waals surface area (Å²) in [6.45, 7) is 2.82. The van der Waals surface area contributed by atoms with Crippen molar-refractivity contribution < 1.29 is 13.2 Å². The van der Waals surface area contributed by atoms with Crippen molar-refractivity contribution in [3.05, 3.63) is 11.5 Å². The van der Waals surface area contributed by atoms with Gasteiger partial charge in [0.1, 0.15) is 0 Å². The molecule has 3 atom stereocenters. The van der Waals surface area contributed by atoms with Crippen LogP contribution >= 0.6 is 0 Å². The summed E-state index contributed by atoms with van der Waals surface area (Å²) in [6.07, 6.45) is 3.95. The molecule has 2 aliphatic rings. The van der Waals surface area contributed by atoms with Crippen molar-refractivity contribution in [2.75, 3.05) is 12.4 Å². The second-order valence-electron chi connectivity index (χ2n) is 4.33. The van der Waals surface area contributed by atoms with Gasteiger partial charge in [-0.05, 0) is 19.8 Å². The van der Waals surface area contributed by atoms with E-state index in [4.69, 9.17) is 4.74 Å². The third kappa shape index (κ3) is 3.03. The molecule has 1 fully saturated rings. The third-order valence-electron chi connectivity index (χ3n) is 2.86. The Balaban J connectivity index is 1.85. The van der Waals surface area contributed by atoms with Crippen molar-refractivity contribution >= 4 is 9.84 Å². The van der Waals surface area contributed by atoms with Crippen LogP contribution in [0.4, 0.5) is 0 Å². The molecule has 15 heavy (non-hydrogen) atoms. The van der Waals surface area contributed by atoms with Gasteiger partial charge in [-0.25, -0.2) is 8.42 Å². The number of hydrogen-bond acceptors (Lipinski definition) is 4. The molecule has 0 aromatic rings. The Bertz CT molecular complexity index is 350. The molecule has 0 aromatic heterocycles. The number of hydrogen-bond donors (Lipinski definition) is 1. The first-order valence-electron chi connectivity index (χ1n) is 5.34. The van der Waals surface area contributed by atoms with Gasteiger partial charge in [-0.1, -0.05) is 6.08 Å². The highest BCUT2D eigenvalue weighted by Gasteiger charge is 2.26. The standard InChI is InChI=1S/C10H17NO3S/c1-8-6-9(2-4-14-8)11-10-3-5-15(12,13)7-10/h3,5,8-11H,2,4,6-7H2,1H3. The molecular formula is C10H17NO3S. The number of sulfone groups is 1. The minimum atomic E-state index is -2.93. The zero-order valence-electron chi connectivity index (χ0n) is 8.85. The molecular weight excluding hydrogens is 214 g/mol. The van der Waals surface area contributed by atoms with E-state index in [0.29, 0.717) is 6.04 Å². The molecule has 3 unspecified atom stereocenters. The van der Waals surface area contributed by atoms with Crippen molar-refractivity contribution in [2.24, 2.45) is 0 Å². The fourth-order valence-electron chi connectivity index (χ4n) is 2.13. The Labute approximate surface area is 90.6 Å². The molecule has 0 bridgehead atoms. The van der Waals surface area contributed by atoms with E-state index in [0.717, 1.165) is 19.4 Å². The Morgan fingerprint density at radius 3 is 2.87 bits per heavy atom. The first kappa shape index (κ1) is 11.1. The first-order valence-corrected chi connectivity index (χ1v) is 7.05. The lowest BCUT2D eigenvalue weighted by atomic mass is 10.0. The minimum absolute atomic E-state index is 0.00898. The molecule has 0 spiro atoms. The number of ether oxygens (including phenoxy) is 1. The lowest BCUT2D eigenvalue weighted by Gasteiger charge is -2.29. The van der Waals surface area contributed by atoms with Crippen LogP contribution < -0.4 is 5.32 Å². The van der Waals surface area contributed by atoms with E-state index in [1.807, 2.05) is 0 Å². The van der Waals surface area contributed by atoms with Gasteiger partial charge in [-0.15, -0.1) is 0 Å². The summed E-state index contributed by atoms with van der Waals surface area (Å²) in [7, 11) is -2.93. The highest BCUT2D eigenvalue weighted by atomic mass is 32.2. The lowest BCUT2D eigenvalue weighted by molar-refractivity contribution is 0.0126. The minimum Gasteiger partial charge on any atom is -0.378 e. The van der Waals surface area contributed by atoms with Crippen molar-refractivity contribution in [1.82, 2.24) is 5.32 Å². The van der Waals surface area contributed by atoms with Gasteiger partial charge in [-0.3, -0.25) is 0 Å². The zero-order valence-corrected chi connectivity index (χ0v) is 9.66. The van der Waals surface area contributed by atoms with Gasteiger partial charge in [0.05, 0.1) is 11.9 Å². The summed E-state index contributed by atoms with van der Waals surface area (Å²) < 4.78 is 27.8. The predicted octanol–water partition coefficient (Wildman–Crippen LogP) is 0.454. The molecule has 1 saturated heterocycles. The van der Waals surface area contributed by atoms with Crippen LogP contribution in [0.1, 0.15) is 19.8 Å². The number of rotatable bonds is 2. The highest BCUT2D eigenvalue weighted by molar-refractivity contribution is 7.94. The van der Waals surface area contributed by atoms with Gasteiger partial charge < -0.3 is 10.1 Å². The van der Waals surface area contributed by atoms with Crippen molar-refractivity contribution in [3.63, 3.8) is 0 Å². The van der Waals surface area contributed by atoms with Gasteiger partial charge in [0, 0.05) is 24.1 Å². The van der Waals surface area contributed by atoms with E-state index in [1.54, 1.807) is 6.08 Å². The fourth-order valence-corrected chi connectivity index (χ4v) is 3.38. The Morgan fingerprint density at radius 2 is 2.27 bits per heavy atom. The van der Waals surface area contributed by atoms with Gasteiger partial charge in [0.25, 0.3) is 0 Å². The smallest absolute Gasteiger partial charge is 0.173 e. The molecule has 2 heterocycles. The molecule has 4 nitrogen and oxygen atoms in total. The molecule has 0 radical (unpaired) electrons. The second-order valence-corrected chi connectivity index (χ2v) is 6.27. The molecule has 5 heteroatoms. The maximum absolute atomic E-state index is 11.2. The summed E-state index contributed by atoms with van der Waals surface area (Å²) >= 11 is 0. The third-order valence-corrected chi connectivity index (χ3v) is 4.26. The molecule has 2 rings (SSSR count). The van der Waals surface area contributed by atoms with Crippen molar-refractivity contribution in [3.8, 4) is 0 Å². The average molecular weight is 231 g/mol. The lowest BCUT2D eigenvalue weighted by Crippen LogP contribution is -2.43. The summed E-state index contributed by atoms with van der Waals surface area (Å²) in [4.78, 5) is 0. The topological polar surface area (TPSA) is 55.4 Å². The summed E-state index contributed by atoms with van der Waals surface area (Å²) in [5.41, 5.74) is 0. The highest BCUT2D eigenvalue weighted by Crippen LogP contribution is 2.16. The summed E-state index contributed by atoms with van der Waals surface area (Å²) in [6, 6.07) is 0.377. The predicted molar refractivity (Wildman–Crippen MR) is 58.3 cm³/mol. The van der Waals surface area contributed by atoms with Crippen LogP contribution in [0.5, 0.6) is 0 Å². The maximum atomic E-state index is 11.2. The van der Waals surface area contributed by atoms with Crippen LogP contribution in [0.15, 0.2) is 11.5 Å². The molecule has 0 saturated carbocycles. The fraction of sp³-hybridized carbons (Fsp3) is 0.800. The van der Waals surface area contributed by atoms with Crippen LogP contribution in [0.2, 0.25) is 0 Å². The second kappa shape index (κ2) is 4.23. The SMILES string of the molecule is CC1CC(NC2C=CS(=O)(=O)C2)CCO1. The van der Waals surface area contributed by atoms with Crippen LogP contribution in [-0.2, 0) is 14.6 Å². The van der Waals surface area contributed by atoms with Gasteiger partial charge >= 0.3 is 0 Å². The zero-order chi connectivity index (χ0) is 10.9. The van der Waals surface area contributed by atoms with E-state index in [-0.39, 0.29) is 17.9 Å². The monoisotopic (exact) mass is 231 g/mol. The summed E-state index contributed by atoms with van der Waals surface area (Å²) in [5.74, 6) is 0.207. The largest absolute Gasteiger partial charge is 0.378 e. The molecule has 86 valence electrons. The van der Waals surface area contributed by atoms with E-state index in [1.165, 1.54) is 5.41 Å². The molecule has 0 aliphatic carbocycles. The Hall–Kier alpha value is -0.390. The maximum Gasteiger partial charge on any atom is 0.173 e. The van der Waals surface area contributed by atoms with E-state index >= 15 is 0 Å². The molecule has 1 N–H and O–H groups in total. The van der Waals surface area contributed by atoms with E-state index < -0.39 is 9.84 Å². The van der Waals surface area contributed by atoms with Crippen molar-refractivity contribution in [1.29, 1.82) is 0 Å². The Morgan fingerprint density at radius 1 is 1.47 bits per heavy atom. The van der Waals surface area contributed by atoms with Gasteiger partial charge in [0.15, 0.2) is 9.84 Å². The Kier molecular flexibility index (Phi) is 3.13. The van der Waals surface area contributed by atoms with Crippen LogP contribution in [0.3, 0.4) is 0 Å². The van der Waals surface area contributed by atoms with Crippen LogP contribution in [0.25, 0.3) is 0 Å². The average Bonchev–Trinajstić information content (AvgIpc) is 2.45. The van der Waals surface area contributed by atoms with E-state index in [2.05, 4.69) is 12.2 Å². The molecule has 2 aliphatic heterocycles. The quantitative estimate of drug-likeness (QED) is 0.750. The normalized spacial score (nSPS) is 39.4. The number of nitrogens with one attached hydrogen (secondary N) is 1.